The monoisotopic (exact) mass is 375 g/mol. The predicted octanol–water partition coefficient (Wildman–Crippen LogP) is 5.69. The molecule has 0 aliphatic rings. The first-order valence-electron chi connectivity index (χ1n) is 9.97. The molecule has 0 unspecified atom stereocenters. The Balaban J connectivity index is 1.68. The van der Waals surface area contributed by atoms with Gasteiger partial charge < -0.3 is 5.32 Å². The molecule has 0 aliphatic heterocycles. The third-order valence-electron chi connectivity index (χ3n) is 4.93. The van der Waals surface area contributed by atoms with Crippen LogP contribution in [0.2, 0.25) is 0 Å². The van der Waals surface area contributed by atoms with E-state index < -0.39 is 0 Å². The molecule has 1 heterocycles. The Morgan fingerprint density at radius 3 is 2.21 bits per heavy atom. The Labute approximate surface area is 167 Å². The maximum atomic E-state index is 12.7. The van der Waals surface area contributed by atoms with Gasteiger partial charge in [0.25, 0.3) is 0 Å². The van der Waals surface area contributed by atoms with Gasteiger partial charge in [-0.2, -0.15) is 5.10 Å². The highest BCUT2D eigenvalue weighted by Gasteiger charge is 2.16. The number of hydrogen-bond donors (Lipinski definition) is 1. The number of carbonyl (C=O) groups is 1. The number of rotatable bonds is 7. The number of hydrogen-bond acceptors (Lipinski definition) is 2. The van der Waals surface area contributed by atoms with Crippen LogP contribution in [-0.4, -0.2) is 15.7 Å². The van der Waals surface area contributed by atoms with Crippen molar-refractivity contribution in [1.82, 2.24) is 9.78 Å². The maximum Gasteiger partial charge on any atom is 0.224 e. The molecule has 4 nitrogen and oxygen atoms in total. The van der Waals surface area contributed by atoms with Crippen molar-refractivity contribution in [2.24, 2.45) is 0 Å². The molecular formula is C24H29N3O. The van der Waals surface area contributed by atoms with E-state index in [0.29, 0.717) is 24.7 Å². The lowest BCUT2D eigenvalue weighted by Gasteiger charge is -2.20. The van der Waals surface area contributed by atoms with Gasteiger partial charge in [-0.1, -0.05) is 64.1 Å². The highest BCUT2D eigenvalue weighted by atomic mass is 16.1. The molecule has 1 amide bonds. The van der Waals surface area contributed by atoms with Gasteiger partial charge in [-0.3, -0.25) is 4.79 Å². The van der Waals surface area contributed by atoms with E-state index in [2.05, 4.69) is 56.3 Å². The first-order chi connectivity index (χ1) is 13.5. The number of aromatic nitrogens is 2. The summed E-state index contributed by atoms with van der Waals surface area (Å²) in [4.78, 5) is 12.7. The third-order valence-corrected chi connectivity index (χ3v) is 4.93. The number of aryl methyl sites for hydroxylation is 1. The average molecular weight is 376 g/mol. The summed E-state index contributed by atoms with van der Waals surface area (Å²) in [5, 5.41) is 7.59. The normalized spacial score (nSPS) is 11.2. The van der Waals surface area contributed by atoms with Gasteiger partial charge in [0.15, 0.2) is 0 Å². The number of nitrogens with one attached hydrogen (secondary N) is 1. The second-order valence-electron chi connectivity index (χ2n) is 7.80. The Kier molecular flexibility index (Phi) is 6.30. The molecule has 0 saturated carbocycles. The van der Waals surface area contributed by atoms with Gasteiger partial charge in [0.2, 0.25) is 5.91 Å². The van der Waals surface area contributed by atoms with Crippen LogP contribution in [-0.2, 0) is 11.2 Å². The van der Waals surface area contributed by atoms with Crippen molar-refractivity contribution in [2.75, 3.05) is 5.32 Å². The average Bonchev–Trinajstić information content (AvgIpc) is 3.16. The van der Waals surface area contributed by atoms with Crippen molar-refractivity contribution >= 4 is 11.6 Å². The van der Waals surface area contributed by atoms with Crippen LogP contribution in [0.25, 0.3) is 5.69 Å². The summed E-state index contributed by atoms with van der Waals surface area (Å²) in [7, 11) is 0. The Bertz CT molecular complexity index is 900. The van der Waals surface area contributed by atoms with E-state index in [9.17, 15) is 4.79 Å². The van der Waals surface area contributed by atoms with Crippen molar-refractivity contribution in [3.8, 4) is 5.69 Å². The lowest BCUT2D eigenvalue weighted by Crippen LogP contribution is -2.16. The summed E-state index contributed by atoms with van der Waals surface area (Å²) < 4.78 is 1.85. The number of benzene rings is 2. The number of amides is 1. The molecule has 0 fully saturated rings. The number of nitrogens with zero attached hydrogens (tertiary/aromatic N) is 2. The molecule has 0 radical (unpaired) electrons. The van der Waals surface area contributed by atoms with E-state index in [0.717, 1.165) is 16.9 Å². The fourth-order valence-corrected chi connectivity index (χ4v) is 3.37. The lowest BCUT2D eigenvalue weighted by atomic mass is 9.92. The van der Waals surface area contributed by atoms with Crippen molar-refractivity contribution < 1.29 is 4.79 Å². The van der Waals surface area contributed by atoms with E-state index in [-0.39, 0.29) is 5.91 Å². The molecule has 0 bridgehead atoms. The zero-order chi connectivity index (χ0) is 20.1. The lowest BCUT2D eigenvalue weighted by molar-refractivity contribution is -0.116. The van der Waals surface area contributed by atoms with Crippen LogP contribution in [0, 0.1) is 0 Å². The first-order valence-corrected chi connectivity index (χ1v) is 9.97. The summed E-state index contributed by atoms with van der Waals surface area (Å²) in [6.45, 7) is 8.64. The topological polar surface area (TPSA) is 46.9 Å². The van der Waals surface area contributed by atoms with Crippen LogP contribution in [0.4, 0.5) is 5.69 Å². The SMILES string of the molecule is CC(C)c1cccc(C(C)C)c1NC(=O)CCc1cnn(-c2ccccc2)c1. The zero-order valence-electron chi connectivity index (χ0n) is 17.1. The van der Waals surface area contributed by atoms with Crippen molar-refractivity contribution in [1.29, 1.82) is 0 Å². The van der Waals surface area contributed by atoms with Gasteiger partial charge in [-0.05, 0) is 47.1 Å². The number of para-hydroxylation sites is 2. The van der Waals surface area contributed by atoms with Crippen LogP contribution in [0.1, 0.15) is 62.6 Å². The molecule has 2 aromatic carbocycles. The first kappa shape index (κ1) is 19.9. The molecule has 3 rings (SSSR count). The van der Waals surface area contributed by atoms with Gasteiger partial charge >= 0.3 is 0 Å². The summed E-state index contributed by atoms with van der Waals surface area (Å²) >= 11 is 0. The molecule has 146 valence electrons. The fraction of sp³-hybridized carbons (Fsp3) is 0.333. The van der Waals surface area contributed by atoms with Crippen LogP contribution in [0.15, 0.2) is 60.9 Å². The number of carbonyl (C=O) groups excluding carboxylic acids is 1. The van der Waals surface area contributed by atoms with Crippen molar-refractivity contribution in [2.45, 2.75) is 52.4 Å². The number of anilines is 1. The minimum absolute atomic E-state index is 0.0439. The molecular weight excluding hydrogens is 346 g/mol. The van der Waals surface area contributed by atoms with E-state index >= 15 is 0 Å². The quantitative estimate of drug-likeness (QED) is 0.576. The fourth-order valence-electron chi connectivity index (χ4n) is 3.37. The van der Waals surface area contributed by atoms with Crippen LogP contribution in [0.5, 0.6) is 0 Å². The molecule has 0 spiro atoms. The Morgan fingerprint density at radius 1 is 0.964 bits per heavy atom. The Morgan fingerprint density at radius 2 is 1.61 bits per heavy atom. The van der Waals surface area contributed by atoms with Gasteiger partial charge in [0.1, 0.15) is 0 Å². The smallest absolute Gasteiger partial charge is 0.224 e. The summed E-state index contributed by atoms with van der Waals surface area (Å²) in [5.74, 6) is 0.763. The highest BCUT2D eigenvalue weighted by Crippen LogP contribution is 2.32. The molecule has 28 heavy (non-hydrogen) atoms. The van der Waals surface area contributed by atoms with Gasteiger partial charge in [0.05, 0.1) is 11.9 Å². The molecule has 1 N–H and O–H groups in total. The van der Waals surface area contributed by atoms with E-state index in [1.165, 1.54) is 11.1 Å². The van der Waals surface area contributed by atoms with E-state index in [1.807, 2.05) is 47.4 Å². The largest absolute Gasteiger partial charge is 0.326 e. The second-order valence-corrected chi connectivity index (χ2v) is 7.80. The minimum Gasteiger partial charge on any atom is -0.326 e. The predicted molar refractivity (Wildman–Crippen MR) is 115 cm³/mol. The van der Waals surface area contributed by atoms with Crippen molar-refractivity contribution in [3.63, 3.8) is 0 Å². The summed E-state index contributed by atoms with van der Waals surface area (Å²) in [5.41, 5.74) is 5.44. The minimum atomic E-state index is 0.0439. The highest BCUT2D eigenvalue weighted by molar-refractivity contribution is 5.92. The Hall–Kier alpha value is -2.88. The standard InChI is InChI=1S/C24H29N3O/c1-17(2)21-11-8-12-22(18(3)4)24(21)26-23(28)14-13-19-15-25-27(16-19)20-9-6-5-7-10-20/h5-12,15-18H,13-14H2,1-4H3,(H,26,28). The van der Waals surface area contributed by atoms with Crippen molar-refractivity contribution in [3.05, 3.63) is 77.6 Å². The maximum absolute atomic E-state index is 12.7. The van der Waals surface area contributed by atoms with Gasteiger partial charge in [0, 0.05) is 18.3 Å². The zero-order valence-corrected chi connectivity index (χ0v) is 17.1. The van der Waals surface area contributed by atoms with Crippen LogP contribution >= 0.6 is 0 Å². The van der Waals surface area contributed by atoms with E-state index in [1.54, 1.807) is 0 Å². The molecule has 0 saturated heterocycles. The molecule has 1 aromatic heterocycles. The van der Waals surface area contributed by atoms with E-state index in [4.69, 9.17) is 0 Å². The molecule has 3 aromatic rings. The molecule has 4 heteroatoms. The molecule has 0 atom stereocenters. The third kappa shape index (κ3) is 4.69. The molecule has 0 aliphatic carbocycles. The summed E-state index contributed by atoms with van der Waals surface area (Å²) in [6.07, 6.45) is 4.93. The summed E-state index contributed by atoms with van der Waals surface area (Å²) in [6, 6.07) is 16.3. The van der Waals surface area contributed by atoms with Gasteiger partial charge in [-0.15, -0.1) is 0 Å². The second kappa shape index (κ2) is 8.87. The van der Waals surface area contributed by atoms with Gasteiger partial charge in [-0.25, -0.2) is 4.68 Å². The van der Waals surface area contributed by atoms with Crippen LogP contribution < -0.4 is 5.32 Å². The van der Waals surface area contributed by atoms with Crippen LogP contribution in [0.3, 0.4) is 0 Å².